The molecule has 0 radical (unpaired) electrons. The van der Waals surface area contributed by atoms with Gasteiger partial charge in [0.2, 0.25) is 26.0 Å². The standard InChI is InChI=1S/C24H32FN3O5S2/c1-3-14-27(35(32,33)23-10-5-4-6-11-23)19-24(29)28(18-20-8-7-9-21(25)17-20)22-12-15-26(16-13-22)34(2,30)31/h4-11,17,22H,3,12-16,18-19H2,1-2H3. The summed E-state index contributed by atoms with van der Waals surface area (Å²) in [4.78, 5) is 15.2. The van der Waals surface area contributed by atoms with Crippen LogP contribution in [-0.4, -0.2) is 74.7 Å². The van der Waals surface area contributed by atoms with Crippen molar-refractivity contribution >= 4 is 26.0 Å². The number of piperidine rings is 1. The van der Waals surface area contributed by atoms with Crippen molar-refractivity contribution in [2.45, 2.75) is 43.7 Å². The van der Waals surface area contributed by atoms with Gasteiger partial charge in [-0.15, -0.1) is 0 Å². The van der Waals surface area contributed by atoms with Crippen molar-refractivity contribution in [3.05, 3.63) is 66.0 Å². The molecule has 1 heterocycles. The van der Waals surface area contributed by atoms with E-state index in [0.29, 0.717) is 24.8 Å². The molecule has 1 aliphatic heterocycles. The second-order valence-corrected chi connectivity index (χ2v) is 12.6. The van der Waals surface area contributed by atoms with Crippen LogP contribution in [0.2, 0.25) is 0 Å². The fourth-order valence-electron chi connectivity index (χ4n) is 4.26. The molecule has 0 aromatic heterocycles. The van der Waals surface area contributed by atoms with Crippen LogP contribution in [0.3, 0.4) is 0 Å². The minimum atomic E-state index is -3.89. The molecule has 2 aromatic carbocycles. The molecule has 0 aliphatic carbocycles. The quantitative estimate of drug-likeness (QED) is 0.475. The number of benzene rings is 2. The van der Waals surface area contributed by atoms with E-state index in [1.807, 2.05) is 6.92 Å². The average Bonchev–Trinajstić information content (AvgIpc) is 2.82. The maximum Gasteiger partial charge on any atom is 0.243 e. The molecule has 0 N–H and O–H groups in total. The molecule has 8 nitrogen and oxygen atoms in total. The lowest BCUT2D eigenvalue weighted by atomic mass is 10.0. The predicted octanol–water partition coefficient (Wildman–Crippen LogP) is 2.68. The van der Waals surface area contributed by atoms with Crippen molar-refractivity contribution in [1.82, 2.24) is 13.5 Å². The van der Waals surface area contributed by atoms with E-state index >= 15 is 0 Å². The van der Waals surface area contributed by atoms with Gasteiger partial charge in [-0.25, -0.2) is 25.5 Å². The monoisotopic (exact) mass is 525 g/mol. The van der Waals surface area contributed by atoms with E-state index in [4.69, 9.17) is 0 Å². The third kappa shape index (κ3) is 7.09. The van der Waals surface area contributed by atoms with E-state index in [1.54, 1.807) is 35.2 Å². The molecule has 0 unspecified atom stereocenters. The molecule has 35 heavy (non-hydrogen) atoms. The number of halogens is 1. The van der Waals surface area contributed by atoms with Gasteiger partial charge in [0.15, 0.2) is 0 Å². The van der Waals surface area contributed by atoms with Gasteiger partial charge in [-0.05, 0) is 49.1 Å². The van der Waals surface area contributed by atoms with Crippen LogP contribution < -0.4 is 0 Å². The summed E-state index contributed by atoms with van der Waals surface area (Å²) in [5, 5.41) is 0. The molecule has 1 fully saturated rings. The van der Waals surface area contributed by atoms with Gasteiger partial charge >= 0.3 is 0 Å². The summed E-state index contributed by atoms with van der Waals surface area (Å²) in [5.74, 6) is -0.832. The van der Waals surface area contributed by atoms with E-state index in [2.05, 4.69) is 0 Å². The summed E-state index contributed by atoms with van der Waals surface area (Å²) in [6, 6.07) is 13.6. The Labute approximate surface area is 207 Å². The molecule has 1 aliphatic rings. The molecule has 1 saturated heterocycles. The Hall–Kier alpha value is -2.34. The smallest absolute Gasteiger partial charge is 0.243 e. The number of carbonyl (C=O) groups excluding carboxylic acids is 1. The normalized spacial score (nSPS) is 15.9. The highest BCUT2D eigenvalue weighted by Gasteiger charge is 2.33. The third-order valence-electron chi connectivity index (χ3n) is 6.06. The average molecular weight is 526 g/mol. The van der Waals surface area contributed by atoms with Gasteiger partial charge in [0.05, 0.1) is 17.7 Å². The van der Waals surface area contributed by atoms with Crippen LogP contribution in [0.4, 0.5) is 4.39 Å². The van der Waals surface area contributed by atoms with Crippen molar-refractivity contribution in [3.63, 3.8) is 0 Å². The van der Waals surface area contributed by atoms with Gasteiger partial charge in [-0.1, -0.05) is 37.3 Å². The number of sulfonamides is 2. The summed E-state index contributed by atoms with van der Waals surface area (Å²) in [6.07, 6.45) is 2.50. The zero-order valence-corrected chi connectivity index (χ0v) is 21.6. The maximum atomic E-state index is 13.8. The first-order valence-electron chi connectivity index (χ1n) is 11.6. The molecule has 192 valence electrons. The van der Waals surface area contributed by atoms with Crippen LogP contribution in [-0.2, 0) is 31.4 Å². The molecule has 0 spiro atoms. The summed E-state index contributed by atoms with van der Waals surface area (Å²) >= 11 is 0. The Kier molecular flexibility index (Phi) is 9.03. The lowest BCUT2D eigenvalue weighted by Crippen LogP contribution is -2.51. The van der Waals surface area contributed by atoms with E-state index in [9.17, 15) is 26.0 Å². The van der Waals surface area contributed by atoms with Crippen LogP contribution >= 0.6 is 0 Å². The van der Waals surface area contributed by atoms with Crippen LogP contribution in [0.1, 0.15) is 31.7 Å². The molecular weight excluding hydrogens is 493 g/mol. The van der Waals surface area contributed by atoms with Gasteiger partial charge in [-0.3, -0.25) is 4.79 Å². The highest BCUT2D eigenvalue weighted by Crippen LogP contribution is 2.23. The first-order chi connectivity index (χ1) is 16.5. The Morgan fingerprint density at radius 2 is 1.69 bits per heavy atom. The molecule has 3 rings (SSSR count). The zero-order chi connectivity index (χ0) is 25.6. The van der Waals surface area contributed by atoms with Crippen LogP contribution in [0.15, 0.2) is 59.5 Å². The molecule has 0 bridgehead atoms. The second-order valence-electron chi connectivity index (χ2n) is 8.70. The third-order valence-corrected chi connectivity index (χ3v) is 9.22. The predicted molar refractivity (Wildman–Crippen MR) is 132 cm³/mol. The van der Waals surface area contributed by atoms with Gasteiger partial charge in [0, 0.05) is 32.2 Å². The molecule has 2 aromatic rings. The van der Waals surface area contributed by atoms with Crippen molar-refractivity contribution in [2.75, 3.05) is 32.4 Å². The molecule has 0 atom stereocenters. The summed E-state index contributed by atoms with van der Waals surface area (Å²) in [6.45, 7) is 2.28. The van der Waals surface area contributed by atoms with Crippen molar-refractivity contribution < 1.29 is 26.0 Å². The Bertz CT molecular complexity index is 1210. The zero-order valence-electron chi connectivity index (χ0n) is 20.0. The Morgan fingerprint density at radius 1 is 1.03 bits per heavy atom. The largest absolute Gasteiger partial charge is 0.334 e. The van der Waals surface area contributed by atoms with Crippen molar-refractivity contribution in [1.29, 1.82) is 0 Å². The van der Waals surface area contributed by atoms with E-state index < -0.39 is 31.8 Å². The van der Waals surface area contributed by atoms with Crippen molar-refractivity contribution in [3.8, 4) is 0 Å². The van der Waals surface area contributed by atoms with Crippen LogP contribution in [0.5, 0.6) is 0 Å². The minimum absolute atomic E-state index is 0.103. The van der Waals surface area contributed by atoms with Gasteiger partial charge in [0.25, 0.3) is 0 Å². The number of amides is 1. The fraction of sp³-hybridized carbons (Fsp3) is 0.458. The molecule has 11 heteroatoms. The van der Waals surface area contributed by atoms with E-state index in [0.717, 1.165) is 6.26 Å². The number of nitrogens with zero attached hydrogens (tertiary/aromatic N) is 3. The highest BCUT2D eigenvalue weighted by atomic mass is 32.2. The summed E-state index contributed by atoms with van der Waals surface area (Å²) in [7, 11) is -7.24. The lowest BCUT2D eigenvalue weighted by Gasteiger charge is -2.38. The minimum Gasteiger partial charge on any atom is -0.334 e. The van der Waals surface area contributed by atoms with Crippen molar-refractivity contribution in [2.24, 2.45) is 0 Å². The van der Waals surface area contributed by atoms with E-state index in [-0.39, 0.29) is 43.7 Å². The fourth-order valence-corrected chi connectivity index (χ4v) is 6.63. The lowest BCUT2D eigenvalue weighted by molar-refractivity contribution is -0.135. The first kappa shape index (κ1) is 27.3. The maximum absolute atomic E-state index is 13.8. The topological polar surface area (TPSA) is 95.1 Å². The van der Waals surface area contributed by atoms with Crippen LogP contribution in [0.25, 0.3) is 0 Å². The number of carbonyl (C=O) groups is 1. The number of hydrogen-bond donors (Lipinski definition) is 0. The second kappa shape index (κ2) is 11.6. The molecular formula is C24H32FN3O5S2. The van der Waals surface area contributed by atoms with E-state index in [1.165, 1.54) is 32.9 Å². The summed E-state index contributed by atoms with van der Waals surface area (Å²) in [5.41, 5.74) is 0.580. The first-order valence-corrected chi connectivity index (χ1v) is 14.9. The SMILES string of the molecule is CCCN(CC(=O)N(Cc1cccc(F)c1)C1CCN(S(C)(=O)=O)CC1)S(=O)(=O)c1ccccc1. The Morgan fingerprint density at radius 3 is 2.26 bits per heavy atom. The number of rotatable bonds is 10. The number of hydrogen-bond acceptors (Lipinski definition) is 5. The molecule has 1 amide bonds. The highest BCUT2D eigenvalue weighted by molar-refractivity contribution is 7.89. The van der Waals surface area contributed by atoms with Gasteiger partial charge < -0.3 is 4.90 Å². The summed E-state index contributed by atoms with van der Waals surface area (Å²) < 4.78 is 66.7. The molecule has 0 saturated carbocycles. The van der Waals surface area contributed by atoms with Gasteiger partial charge in [0.1, 0.15) is 5.82 Å². The Balaban J connectivity index is 1.86. The van der Waals surface area contributed by atoms with Gasteiger partial charge in [-0.2, -0.15) is 4.31 Å². The van der Waals surface area contributed by atoms with Crippen LogP contribution in [0, 0.1) is 5.82 Å².